The first kappa shape index (κ1) is 22.7. The molecule has 4 rings (SSSR count). The van der Waals surface area contributed by atoms with Gasteiger partial charge in [-0.2, -0.15) is 0 Å². The lowest BCUT2D eigenvalue weighted by molar-refractivity contribution is -0.0534. The Morgan fingerprint density at radius 3 is 2.59 bits per heavy atom. The standard InChI is InChI=1S/C23H27F4N3O2/c1-22(11-18(24)25)9-13(12-2-5-23(26,27)6-3-12)14(10-22)16-8-17(31)19-15(30-16)4-7-29-20(19)21(28)32/h4,7-8,12-14,18H,2-3,5-6,9-11H2,1H3,(H2,28,32)(H,30,31)/t13-,14+,22+/m0/s1. The molecule has 2 aliphatic rings. The molecule has 3 atom stereocenters. The molecule has 32 heavy (non-hydrogen) atoms. The van der Waals surface area contributed by atoms with Crippen LogP contribution in [0.4, 0.5) is 17.6 Å². The fraction of sp³-hybridized carbons (Fsp3) is 0.609. The lowest BCUT2D eigenvalue weighted by atomic mass is 9.73. The molecule has 2 saturated carbocycles. The van der Waals surface area contributed by atoms with E-state index in [1.54, 1.807) is 6.07 Å². The number of hydrogen-bond acceptors (Lipinski definition) is 3. The van der Waals surface area contributed by atoms with Crippen molar-refractivity contribution in [1.82, 2.24) is 9.97 Å². The molecule has 2 aromatic heterocycles. The predicted octanol–water partition coefficient (Wildman–Crippen LogP) is 5.00. The van der Waals surface area contributed by atoms with E-state index in [4.69, 9.17) is 5.73 Å². The highest BCUT2D eigenvalue weighted by molar-refractivity contribution is 6.03. The zero-order valence-electron chi connectivity index (χ0n) is 17.8. The minimum absolute atomic E-state index is 0.0167. The molecule has 2 aromatic rings. The molecule has 9 heteroatoms. The quantitative estimate of drug-likeness (QED) is 0.625. The molecule has 2 heterocycles. The zero-order valence-corrected chi connectivity index (χ0v) is 17.8. The first-order chi connectivity index (χ1) is 15.0. The van der Waals surface area contributed by atoms with Crippen LogP contribution in [0.15, 0.2) is 23.1 Å². The van der Waals surface area contributed by atoms with Crippen molar-refractivity contribution in [3.63, 3.8) is 0 Å². The molecule has 1 amide bonds. The van der Waals surface area contributed by atoms with Crippen LogP contribution in [-0.2, 0) is 0 Å². The third-order valence-electron chi connectivity index (χ3n) is 7.37. The first-order valence-electron chi connectivity index (χ1n) is 11.0. The third-order valence-corrected chi connectivity index (χ3v) is 7.37. The van der Waals surface area contributed by atoms with Crippen molar-refractivity contribution in [2.24, 2.45) is 23.0 Å². The van der Waals surface area contributed by atoms with E-state index in [0.29, 0.717) is 36.9 Å². The number of alkyl halides is 4. The molecular weight excluding hydrogens is 426 g/mol. The second-order valence-electron chi connectivity index (χ2n) is 9.81. The maximum absolute atomic E-state index is 13.7. The van der Waals surface area contributed by atoms with Crippen molar-refractivity contribution in [3.05, 3.63) is 39.9 Å². The number of amides is 1. The van der Waals surface area contributed by atoms with Gasteiger partial charge in [0, 0.05) is 43.1 Å². The largest absolute Gasteiger partial charge is 0.364 e. The Labute approximate surface area is 182 Å². The van der Waals surface area contributed by atoms with Crippen LogP contribution in [0.1, 0.15) is 74.0 Å². The van der Waals surface area contributed by atoms with Crippen molar-refractivity contribution < 1.29 is 22.4 Å². The van der Waals surface area contributed by atoms with Gasteiger partial charge < -0.3 is 10.7 Å². The Morgan fingerprint density at radius 1 is 1.28 bits per heavy atom. The fourth-order valence-electron chi connectivity index (χ4n) is 5.95. The maximum atomic E-state index is 13.7. The summed E-state index contributed by atoms with van der Waals surface area (Å²) in [5.74, 6) is -3.83. The SMILES string of the molecule is C[C@]1(CC(F)F)C[C@@H](c2cc(=O)c3c(C(N)=O)nccc3[nH]2)[C@H](C2CCC(F)(F)CC2)C1. The van der Waals surface area contributed by atoms with Gasteiger partial charge in [-0.05, 0) is 49.0 Å². The Morgan fingerprint density at radius 2 is 1.97 bits per heavy atom. The second kappa shape index (κ2) is 8.15. The molecule has 0 saturated heterocycles. The molecule has 0 spiro atoms. The minimum Gasteiger partial charge on any atom is -0.364 e. The number of nitrogens with one attached hydrogen (secondary N) is 1. The van der Waals surface area contributed by atoms with Crippen LogP contribution < -0.4 is 11.2 Å². The highest BCUT2D eigenvalue weighted by Gasteiger charge is 2.49. The molecule has 0 aliphatic heterocycles. The number of nitrogens with zero attached hydrogens (tertiary/aromatic N) is 1. The number of nitrogens with two attached hydrogens (primary N) is 1. The van der Waals surface area contributed by atoms with Gasteiger partial charge in [-0.3, -0.25) is 14.6 Å². The van der Waals surface area contributed by atoms with Gasteiger partial charge in [-0.15, -0.1) is 0 Å². The minimum atomic E-state index is -2.67. The van der Waals surface area contributed by atoms with Gasteiger partial charge in [-0.25, -0.2) is 17.6 Å². The summed E-state index contributed by atoms with van der Waals surface area (Å²) in [7, 11) is 0. The smallest absolute Gasteiger partial charge is 0.268 e. The van der Waals surface area contributed by atoms with E-state index in [1.165, 1.54) is 12.3 Å². The molecule has 174 valence electrons. The van der Waals surface area contributed by atoms with E-state index in [-0.39, 0.29) is 48.1 Å². The first-order valence-corrected chi connectivity index (χ1v) is 11.0. The number of H-pyrrole nitrogens is 1. The zero-order chi connectivity index (χ0) is 23.3. The van der Waals surface area contributed by atoms with E-state index >= 15 is 0 Å². The molecule has 0 aromatic carbocycles. The number of carbonyl (C=O) groups excluding carboxylic acids is 1. The van der Waals surface area contributed by atoms with Gasteiger partial charge in [0.25, 0.3) is 5.91 Å². The lowest BCUT2D eigenvalue weighted by Crippen LogP contribution is -2.30. The van der Waals surface area contributed by atoms with Crippen molar-refractivity contribution in [2.75, 3.05) is 0 Å². The summed E-state index contributed by atoms with van der Waals surface area (Å²) in [6.07, 6.45) is -0.142. The van der Waals surface area contributed by atoms with Crippen LogP contribution in [-0.4, -0.2) is 28.2 Å². The average Bonchev–Trinajstić information content (AvgIpc) is 3.03. The lowest BCUT2D eigenvalue weighted by Gasteiger charge is -2.35. The average molecular weight is 453 g/mol. The summed E-state index contributed by atoms with van der Waals surface area (Å²) in [5, 5.41) is 0.0888. The van der Waals surface area contributed by atoms with Gasteiger partial charge in [0.2, 0.25) is 12.3 Å². The second-order valence-corrected chi connectivity index (χ2v) is 9.81. The molecule has 2 aliphatic carbocycles. The monoisotopic (exact) mass is 453 g/mol. The summed E-state index contributed by atoms with van der Waals surface area (Å²) < 4.78 is 54.1. The molecule has 0 radical (unpaired) electrons. The fourth-order valence-corrected chi connectivity index (χ4v) is 5.95. The molecule has 2 fully saturated rings. The van der Waals surface area contributed by atoms with Crippen molar-refractivity contribution in [3.8, 4) is 0 Å². The van der Waals surface area contributed by atoms with E-state index < -0.39 is 29.1 Å². The van der Waals surface area contributed by atoms with Crippen LogP contribution in [0.25, 0.3) is 10.9 Å². The number of aromatic nitrogens is 2. The van der Waals surface area contributed by atoms with Crippen molar-refractivity contribution >= 4 is 16.8 Å². The molecule has 5 nitrogen and oxygen atoms in total. The number of pyridine rings is 2. The molecule has 0 unspecified atom stereocenters. The number of carbonyl (C=O) groups is 1. The van der Waals surface area contributed by atoms with Crippen LogP contribution >= 0.6 is 0 Å². The number of halogens is 4. The van der Waals surface area contributed by atoms with Crippen molar-refractivity contribution in [2.45, 2.75) is 70.1 Å². The Bertz CT molecular complexity index is 1080. The number of primary amides is 1. The Kier molecular flexibility index (Phi) is 5.79. The summed E-state index contributed by atoms with van der Waals surface area (Å²) in [5.41, 5.74) is 5.13. The van der Waals surface area contributed by atoms with Crippen molar-refractivity contribution in [1.29, 1.82) is 0 Å². The number of rotatable bonds is 5. The summed E-state index contributed by atoms with van der Waals surface area (Å²) >= 11 is 0. The van der Waals surface area contributed by atoms with Crippen LogP contribution in [0.3, 0.4) is 0 Å². The van der Waals surface area contributed by atoms with Crippen LogP contribution in [0.5, 0.6) is 0 Å². The van der Waals surface area contributed by atoms with Crippen LogP contribution in [0.2, 0.25) is 0 Å². The molecular formula is C23H27F4N3O2. The van der Waals surface area contributed by atoms with Gasteiger partial charge in [-0.1, -0.05) is 6.92 Å². The number of fused-ring (bicyclic) bond motifs is 1. The molecule has 0 bridgehead atoms. The summed E-state index contributed by atoms with van der Waals surface area (Å²) in [6.45, 7) is 1.82. The molecule has 3 N–H and O–H groups in total. The van der Waals surface area contributed by atoms with E-state index in [0.717, 1.165) is 0 Å². The Hall–Kier alpha value is -2.45. The van der Waals surface area contributed by atoms with E-state index in [1.807, 2.05) is 6.92 Å². The van der Waals surface area contributed by atoms with Gasteiger partial charge in [0.15, 0.2) is 5.43 Å². The summed E-state index contributed by atoms with van der Waals surface area (Å²) in [4.78, 5) is 31.7. The maximum Gasteiger partial charge on any atom is 0.268 e. The van der Waals surface area contributed by atoms with Gasteiger partial charge in [0.1, 0.15) is 5.69 Å². The highest BCUT2D eigenvalue weighted by atomic mass is 19.3. The normalized spacial score (nSPS) is 28.4. The Balaban J connectivity index is 1.74. The topological polar surface area (TPSA) is 88.8 Å². The van der Waals surface area contributed by atoms with E-state index in [2.05, 4.69) is 9.97 Å². The third kappa shape index (κ3) is 4.38. The van der Waals surface area contributed by atoms with Crippen LogP contribution in [0, 0.1) is 17.3 Å². The number of hydrogen-bond donors (Lipinski definition) is 2. The van der Waals surface area contributed by atoms with E-state index in [9.17, 15) is 27.2 Å². The highest BCUT2D eigenvalue weighted by Crippen LogP contribution is 2.57. The predicted molar refractivity (Wildman–Crippen MR) is 112 cm³/mol. The van der Waals surface area contributed by atoms with Gasteiger partial charge >= 0.3 is 0 Å². The summed E-state index contributed by atoms with van der Waals surface area (Å²) in [6, 6.07) is 2.95. The number of aromatic amines is 1. The van der Waals surface area contributed by atoms with Gasteiger partial charge in [0.05, 0.1) is 10.9 Å².